The van der Waals surface area contributed by atoms with Gasteiger partial charge in [-0.2, -0.15) is 0 Å². The SMILES string of the molecule is Cc1ccc(OC[C@]2(O)CCCN(CC(=O)NC(C)(C)Cc3ccccc3)CC2)cc1. The van der Waals surface area contributed by atoms with E-state index < -0.39 is 5.60 Å². The Morgan fingerprint density at radius 1 is 1.10 bits per heavy atom. The van der Waals surface area contributed by atoms with Crippen molar-refractivity contribution >= 4 is 5.91 Å². The second kappa shape index (κ2) is 10.3. The third-order valence-corrected chi connectivity index (χ3v) is 5.87. The zero-order chi connectivity index (χ0) is 22.3. The summed E-state index contributed by atoms with van der Waals surface area (Å²) in [7, 11) is 0. The van der Waals surface area contributed by atoms with Crippen LogP contribution in [0.1, 0.15) is 44.2 Å². The number of nitrogens with zero attached hydrogens (tertiary/aromatic N) is 1. The van der Waals surface area contributed by atoms with Crippen LogP contribution in [0.3, 0.4) is 0 Å². The van der Waals surface area contributed by atoms with Crippen LogP contribution in [-0.4, -0.2) is 53.3 Å². The van der Waals surface area contributed by atoms with Crippen molar-refractivity contribution in [3.63, 3.8) is 0 Å². The molecule has 0 radical (unpaired) electrons. The van der Waals surface area contributed by atoms with Crippen LogP contribution in [-0.2, 0) is 11.2 Å². The number of ether oxygens (including phenoxy) is 1. The first-order valence-electron chi connectivity index (χ1n) is 11.2. The molecular formula is C26H36N2O3. The van der Waals surface area contributed by atoms with Crippen LogP contribution in [0, 0.1) is 6.92 Å². The van der Waals surface area contributed by atoms with E-state index >= 15 is 0 Å². The average molecular weight is 425 g/mol. The summed E-state index contributed by atoms with van der Waals surface area (Å²) in [5.74, 6) is 0.808. The van der Waals surface area contributed by atoms with Gasteiger partial charge in [0.05, 0.1) is 12.1 Å². The molecule has 168 valence electrons. The first kappa shape index (κ1) is 23.3. The minimum absolute atomic E-state index is 0.0299. The number of amides is 1. The van der Waals surface area contributed by atoms with Gasteiger partial charge < -0.3 is 15.2 Å². The number of carbonyl (C=O) groups excluding carboxylic acids is 1. The second-order valence-corrected chi connectivity index (χ2v) is 9.55. The summed E-state index contributed by atoms with van der Waals surface area (Å²) in [6.45, 7) is 8.27. The van der Waals surface area contributed by atoms with Gasteiger partial charge in [-0.3, -0.25) is 9.69 Å². The van der Waals surface area contributed by atoms with E-state index in [1.54, 1.807) is 0 Å². The Kier molecular flexibility index (Phi) is 7.74. The molecule has 5 nitrogen and oxygen atoms in total. The van der Waals surface area contributed by atoms with Crippen LogP contribution >= 0.6 is 0 Å². The van der Waals surface area contributed by atoms with E-state index in [1.807, 2.05) is 49.4 Å². The van der Waals surface area contributed by atoms with Crippen LogP contribution in [0.4, 0.5) is 0 Å². The van der Waals surface area contributed by atoms with E-state index in [2.05, 4.69) is 36.2 Å². The molecular weight excluding hydrogens is 388 g/mol. The van der Waals surface area contributed by atoms with Crippen molar-refractivity contribution in [1.82, 2.24) is 10.2 Å². The Hall–Kier alpha value is -2.37. The van der Waals surface area contributed by atoms with Crippen LogP contribution in [0.2, 0.25) is 0 Å². The Labute approximate surface area is 186 Å². The number of hydrogen-bond donors (Lipinski definition) is 2. The number of carbonyl (C=O) groups is 1. The van der Waals surface area contributed by atoms with Crippen LogP contribution in [0.25, 0.3) is 0 Å². The van der Waals surface area contributed by atoms with Crippen molar-refractivity contribution in [1.29, 1.82) is 0 Å². The Morgan fingerprint density at radius 2 is 1.81 bits per heavy atom. The van der Waals surface area contributed by atoms with Gasteiger partial charge in [0.25, 0.3) is 0 Å². The van der Waals surface area contributed by atoms with E-state index in [9.17, 15) is 9.90 Å². The fourth-order valence-electron chi connectivity index (χ4n) is 4.16. The van der Waals surface area contributed by atoms with Crippen molar-refractivity contribution in [2.75, 3.05) is 26.2 Å². The number of rotatable bonds is 8. The normalized spacial score (nSPS) is 20.1. The lowest BCUT2D eigenvalue weighted by Gasteiger charge is -2.29. The van der Waals surface area contributed by atoms with Gasteiger partial charge in [-0.15, -0.1) is 0 Å². The van der Waals surface area contributed by atoms with E-state index in [4.69, 9.17) is 4.74 Å². The fraction of sp³-hybridized carbons (Fsp3) is 0.500. The molecule has 1 saturated heterocycles. The molecule has 2 aromatic rings. The highest BCUT2D eigenvalue weighted by molar-refractivity contribution is 5.78. The number of likely N-dealkylation sites (tertiary alicyclic amines) is 1. The van der Waals surface area contributed by atoms with Crippen LogP contribution < -0.4 is 10.1 Å². The molecule has 1 heterocycles. The van der Waals surface area contributed by atoms with Crippen LogP contribution in [0.15, 0.2) is 54.6 Å². The van der Waals surface area contributed by atoms with Gasteiger partial charge in [-0.1, -0.05) is 48.0 Å². The highest BCUT2D eigenvalue weighted by Gasteiger charge is 2.32. The summed E-state index contributed by atoms with van der Waals surface area (Å²) in [6.07, 6.45) is 2.90. The largest absolute Gasteiger partial charge is 0.491 e. The highest BCUT2D eigenvalue weighted by atomic mass is 16.5. The molecule has 0 aliphatic carbocycles. The maximum Gasteiger partial charge on any atom is 0.234 e. The second-order valence-electron chi connectivity index (χ2n) is 9.55. The van der Waals surface area contributed by atoms with Gasteiger partial charge in [-0.25, -0.2) is 0 Å². The smallest absolute Gasteiger partial charge is 0.234 e. The number of aliphatic hydroxyl groups is 1. The van der Waals surface area contributed by atoms with Gasteiger partial charge in [0.1, 0.15) is 12.4 Å². The van der Waals surface area contributed by atoms with Crippen LogP contribution in [0.5, 0.6) is 5.75 Å². The van der Waals surface area contributed by atoms with Crippen molar-refractivity contribution < 1.29 is 14.6 Å². The standard InChI is InChI=1S/C26H36N2O3/c1-21-10-12-23(13-11-21)31-20-26(30)14-7-16-28(17-15-26)19-24(29)27-25(2,3)18-22-8-5-4-6-9-22/h4-6,8-13,30H,7,14-20H2,1-3H3,(H,27,29)/t26-/m0/s1. The summed E-state index contributed by atoms with van der Waals surface area (Å²) >= 11 is 0. The molecule has 1 aliphatic heterocycles. The molecule has 1 atom stereocenters. The number of hydrogen-bond acceptors (Lipinski definition) is 4. The number of aryl methyl sites for hydroxylation is 1. The molecule has 1 fully saturated rings. The Balaban J connectivity index is 1.46. The van der Waals surface area contributed by atoms with Crippen molar-refractivity contribution in [3.8, 4) is 5.75 Å². The lowest BCUT2D eigenvalue weighted by molar-refractivity contribution is -0.123. The average Bonchev–Trinajstić information content (AvgIpc) is 2.89. The maximum absolute atomic E-state index is 12.7. The molecule has 1 amide bonds. The van der Waals surface area contributed by atoms with E-state index in [0.717, 1.165) is 25.1 Å². The molecule has 0 bridgehead atoms. The zero-order valence-electron chi connectivity index (χ0n) is 19.1. The highest BCUT2D eigenvalue weighted by Crippen LogP contribution is 2.24. The third kappa shape index (κ3) is 7.67. The van der Waals surface area contributed by atoms with Gasteiger partial charge >= 0.3 is 0 Å². The summed E-state index contributed by atoms with van der Waals surface area (Å²) in [5.41, 5.74) is 1.22. The molecule has 0 unspecified atom stereocenters. The lowest BCUT2D eigenvalue weighted by atomic mass is 9.95. The van der Waals surface area contributed by atoms with Gasteiger partial charge in [0, 0.05) is 12.1 Å². The van der Waals surface area contributed by atoms with E-state index in [0.29, 0.717) is 25.9 Å². The Morgan fingerprint density at radius 3 is 2.52 bits per heavy atom. The molecule has 1 aliphatic rings. The topological polar surface area (TPSA) is 61.8 Å². The minimum Gasteiger partial charge on any atom is -0.491 e. The van der Waals surface area contributed by atoms with Gasteiger partial charge in [0.2, 0.25) is 5.91 Å². The molecule has 2 aromatic carbocycles. The molecule has 3 rings (SSSR count). The minimum atomic E-state index is -0.858. The quantitative estimate of drug-likeness (QED) is 0.678. The summed E-state index contributed by atoms with van der Waals surface area (Å²) in [5, 5.41) is 14.2. The predicted molar refractivity (Wildman–Crippen MR) is 124 cm³/mol. The molecule has 0 aromatic heterocycles. The Bertz CT molecular complexity index is 835. The van der Waals surface area contributed by atoms with Crippen molar-refractivity contribution in [2.24, 2.45) is 0 Å². The summed E-state index contributed by atoms with van der Waals surface area (Å²) in [6, 6.07) is 18.1. The summed E-state index contributed by atoms with van der Waals surface area (Å²) in [4.78, 5) is 14.8. The monoisotopic (exact) mass is 424 g/mol. The molecule has 31 heavy (non-hydrogen) atoms. The third-order valence-electron chi connectivity index (χ3n) is 5.87. The fourth-order valence-corrected chi connectivity index (χ4v) is 4.16. The van der Waals surface area contributed by atoms with E-state index in [1.165, 1.54) is 11.1 Å². The first-order chi connectivity index (χ1) is 14.7. The molecule has 5 heteroatoms. The maximum atomic E-state index is 12.7. The lowest BCUT2D eigenvalue weighted by Crippen LogP contribution is -2.49. The van der Waals surface area contributed by atoms with Crippen molar-refractivity contribution in [3.05, 3.63) is 65.7 Å². The predicted octanol–water partition coefficient (Wildman–Crippen LogP) is 3.73. The zero-order valence-corrected chi connectivity index (χ0v) is 19.1. The van der Waals surface area contributed by atoms with Crippen molar-refractivity contribution in [2.45, 2.75) is 57.6 Å². The number of nitrogens with one attached hydrogen (secondary N) is 1. The number of benzene rings is 2. The summed E-state index contributed by atoms with van der Waals surface area (Å²) < 4.78 is 5.85. The first-order valence-corrected chi connectivity index (χ1v) is 11.2. The van der Waals surface area contributed by atoms with Gasteiger partial charge in [-0.05, 0) is 70.7 Å². The van der Waals surface area contributed by atoms with Gasteiger partial charge in [0.15, 0.2) is 0 Å². The molecule has 0 saturated carbocycles. The molecule has 0 spiro atoms. The molecule has 2 N–H and O–H groups in total. The van der Waals surface area contributed by atoms with E-state index in [-0.39, 0.29) is 18.1 Å².